The van der Waals surface area contributed by atoms with Crippen molar-refractivity contribution in [2.24, 2.45) is 0 Å². The minimum Gasteiger partial charge on any atom is -0.348 e. The molecule has 23 heavy (non-hydrogen) atoms. The fourth-order valence-electron chi connectivity index (χ4n) is 2.47. The number of hydrogen-bond acceptors (Lipinski definition) is 2. The van der Waals surface area contributed by atoms with Gasteiger partial charge >= 0.3 is 0 Å². The molecule has 0 bridgehead atoms. The molecule has 0 unspecified atom stereocenters. The number of benzene rings is 2. The molecule has 0 saturated heterocycles. The SMILES string of the molecule is O=C1CCc2cc(C(=O)NCc3ccc(Cl)cc3Cl)ccc2N1. The highest BCUT2D eigenvalue weighted by Crippen LogP contribution is 2.24. The van der Waals surface area contributed by atoms with Crippen LogP contribution in [0.2, 0.25) is 10.0 Å². The maximum absolute atomic E-state index is 12.3. The van der Waals surface area contributed by atoms with Crippen molar-refractivity contribution < 1.29 is 9.59 Å². The van der Waals surface area contributed by atoms with Gasteiger partial charge in [-0.15, -0.1) is 0 Å². The van der Waals surface area contributed by atoms with E-state index in [9.17, 15) is 9.59 Å². The largest absolute Gasteiger partial charge is 0.348 e. The first-order valence-corrected chi connectivity index (χ1v) is 7.93. The average molecular weight is 349 g/mol. The monoisotopic (exact) mass is 348 g/mol. The summed E-state index contributed by atoms with van der Waals surface area (Å²) in [4.78, 5) is 23.6. The van der Waals surface area contributed by atoms with Gasteiger partial charge in [0.1, 0.15) is 0 Å². The van der Waals surface area contributed by atoms with Crippen LogP contribution in [0.5, 0.6) is 0 Å². The van der Waals surface area contributed by atoms with Crippen molar-refractivity contribution in [1.29, 1.82) is 0 Å². The van der Waals surface area contributed by atoms with E-state index in [1.54, 1.807) is 30.3 Å². The summed E-state index contributed by atoms with van der Waals surface area (Å²) in [5.41, 5.74) is 3.11. The summed E-state index contributed by atoms with van der Waals surface area (Å²) in [7, 11) is 0. The number of carbonyl (C=O) groups is 2. The summed E-state index contributed by atoms with van der Waals surface area (Å²) in [5.74, 6) is -0.178. The van der Waals surface area contributed by atoms with Crippen LogP contribution >= 0.6 is 23.2 Å². The molecule has 3 rings (SSSR count). The molecule has 2 aromatic carbocycles. The van der Waals surface area contributed by atoms with Crippen LogP contribution in [0.3, 0.4) is 0 Å². The molecule has 1 aliphatic rings. The second-order valence-electron chi connectivity index (χ2n) is 5.34. The minimum absolute atomic E-state index is 0.00656. The van der Waals surface area contributed by atoms with Gasteiger partial charge < -0.3 is 10.6 Å². The van der Waals surface area contributed by atoms with E-state index >= 15 is 0 Å². The number of anilines is 1. The first-order chi connectivity index (χ1) is 11.0. The smallest absolute Gasteiger partial charge is 0.251 e. The number of amides is 2. The van der Waals surface area contributed by atoms with Crippen LogP contribution in [-0.4, -0.2) is 11.8 Å². The number of rotatable bonds is 3. The highest BCUT2D eigenvalue weighted by atomic mass is 35.5. The third-order valence-electron chi connectivity index (χ3n) is 3.72. The first kappa shape index (κ1) is 15.8. The van der Waals surface area contributed by atoms with Gasteiger partial charge in [-0.3, -0.25) is 9.59 Å². The van der Waals surface area contributed by atoms with Crippen molar-refractivity contribution in [3.8, 4) is 0 Å². The molecule has 0 aliphatic carbocycles. The van der Waals surface area contributed by atoms with Crippen LogP contribution in [0.4, 0.5) is 5.69 Å². The third-order valence-corrected chi connectivity index (χ3v) is 4.30. The lowest BCUT2D eigenvalue weighted by atomic mass is 10.00. The van der Waals surface area contributed by atoms with Gasteiger partial charge in [0.05, 0.1) is 0 Å². The van der Waals surface area contributed by atoms with Crippen molar-refractivity contribution in [1.82, 2.24) is 5.32 Å². The van der Waals surface area contributed by atoms with Crippen LogP contribution in [0.15, 0.2) is 36.4 Å². The Morgan fingerprint density at radius 3 is 2.74 bits per heavy atom. The Kier molecular flexibility index (Phi) is 4.55. The van der Waals surface area contributed by atoms with E-state index in [2.05, 4.69) is 10.6 Å². The number of carbonyl (C=O) groups excluding carboxylic acids is 2. The van der Waals surface area contributed by atoms with Crippen molar-refractivity contribution in [2.75, 3.05) is 5.32 Å². The molecule has 4 nitrogen and oxygen atoms in total. The summed E-state index contributed by atoms with van der Waals surface area (Å²) in [6.45, 7) is 0.322. The zero-order valence-electron chi connectivity index (χ0n) is 12.2. The van der Waals surface area contributed by atoms with E-state index in [0.29, 0.717) is 35.0 Å². The molecule has 6 heteroatoms. The van der Waals surface area contributed by atoms with E-state index in [4.69, 9.17) is 23.2 Å². The van der Waals surface area contributed by atoms with E-state index in [-0.39, 0.29) is 11.8 Å². The molecule has 1 heterocycles. The lowest BCUT2D eigenvalue weighted by Crippen LogP contribution is -2.24. The molecule has 0 aromatic heterocycles. The second-order valence-corrected chi connectivity index (χ2v) is 6.18. The highest BCUT2D eigenvalue weighted by Gasteiger charge is 2.16. The molecule has 2 aromatic rings. The van der Waals surface area contributed by atoms with Crippen LogP contribution < -0.4 is 10.6 Å². The van der Waals surface area contributed by atoms with Gasteiger partial charge in [0.25, 0.3) is 5.91 Å². The molecule has 118 valence electrons. The summed E-state index contributed by atoms with van der Waals surface area (Å²) in [6, 6.07) is 10.4. The summed E-state index contributed by atoms with van der Waals surface area (Å²) in [6.07, 6.45) is 1.09. The zero-order valence-corrected chi connectivity index (χ0v) is 13.7. The second kappa shape index (κ2) is 6.60. The van der Waals surface area contributed by atoms with Crippen LogP contribution in [0, 0.1) is 0 Å². The number of nitrogens with one attached hydrogen (secondary N) is 2. The van der Waals surface area contributed by atoms with Crippen LogP contribution in [-0.2, 0) is 17.8 Å². The number of halogens is 2. The molecular weight excluding hydrogens is 335 g/mol. The van der Waals surface area contributed by atoms with Gasteiger partial charge in [-0.25, -0.2) is 0 Å². The third kappa shape index (κ3) is 3.66. The fraction of sp³-hybridized carbons (Fsp3) is 0.176. The van der Waals surface area contributed by atoms with Gasteiger partial charge in [0.15, 0.2) is 0 Å². The number of aryl methyl sites for hydroxylation is 1. The van der Waals surface area contributed by atoms with Crippen molar-refractivity contribution >= 4 is 40.7 Å². The van der Waals surface area contributed by atoms with Crippen molar-refractivity contribution in [3.05, 3.63) is 63.1 Å². The Labute approximate surface area is 143 Å². The van der Waals surface area contributed by atoms with E-state index in [1.807, 2.05) is 6.07 Å². The van der Waals surface area contributed by atoms with E-state index < -0.39 is 0 Å². The quantitative estimate of drug-likeness (QED) is 0.885. The van der Waals surface area contributed by atoms with E-state index in [0.717, 1.165) is 16.8 Å². The molecule has 0 fully saturated rings. The summed E-state index contributed by atoms with van der Waals surface area (Å²) < 4.78 is 0. The van der Waals surface area contributed by atoms with Gasteiger partial charge in [0, 0.05) is 34.3 Å². The van der Waals surface area contributed by atoms with Gasteiger partial charge in [-0.1, -0.05) is 29.3 Å². The van der Waals surface area contributed by atoms with Crippen LogP contribution in [0.1, 0.15) is 27.9 Å². The number of fused-ring (bicyclic) bond motifs is 1. The zero-order chi connectivity index (χ0) is 16.4. The topological polar surface area (TPSA) is 58.2 Å². The molecule has 0 spiro atoms. The van der Waals surface area contributed by atoms with Gasteiger partial charge in [0.2, 0.25) is 5.91 Å². The van der Waals surface area contributed by atoms with Crippen molar-refractivity contribution in [3.63, 3.8) is 0 Å². The Bertz CT molecular complexity index is 790. The normalized spacial score (nSPS) is 13.2. The summed E-state index contributed by atoms with van der Waals surface area (Å²) >= 11 is 11.9. The maximum atomic E-state index is 12.3. The Morgan fingerprint density at radius 1 is 1.13 bits per heavy atom. The first-order valence-electron chi connectivity index (χ1n) is 7.18. The van der Waals surface area contributed by atoms with Gasteiger partial charge in [-0.2, -0.15) is 0 Å². The number of hydrogen-bond donors (Lipinski definition) is 2. The van der Waals surface area contributed by atoms with Crippen molar-refractivity contribution in [2.45, 2.75) is 19.4 Å². The lowest BCUT2D eigenvalue weighted by Gasteiger charge is -2.17. The minimum atomic E-state index is -0.185. The average Bonchev–Trinajstić information content (AvgIpc) is 2.53. The molecular formula is C17H14Cl2N2O2. The predicted molar refractivity (Wildman–Crippen MR) is 91.0 cm³/mol. The molecule has 2 amide bonds. The molecule has 0 radical (unpaired) electrons. The Hall–Kier alpha value is -2.04. The fourth-order valence-corrected chi connectivity index (χ4v) is 2.94. The highest BCUT2D eigenvalue weighted by molar-refractivity contribution is 6.35. The molecule has 1 aliphatic heterocycles. The Morgan fingerprint density at radius 2 is 1.96 bits per heavy atom. The summed E-state index contributed by atoms with van der Waals surface area (Å²) in [5, 5.41) is 6.71. The molecule has 0 saturated carbocycles. The molecule has 2 N–H and O–H groups in total. The molecule has 0 atom stereocenters. The van der Waals surface area contributed by atoms with Crippen LogP contribution in [0.25, 0.3) is 0 Å². The Balaban J connectivity index is 1.70. The maximum Gasteiger partial charge on any atom is 0.251 e. The van der Waals surface area contributed by atoms with E-state index in [1.165, 1.54) is 0 Å². The predicted octanol–water partition coefficient (Wildman–Crippen LogP) is 3.81. The standard InChI is InChI=1S/C17H14Cl2N2O2/c18-13-4-1-12(14(19)8-13)9-20-17(23)11-2-5-15-10(7-11)3-6-16(22)21-15/h1-2,4-5,7-8H,3,6,9H2,(H,20,23)(H,21,22). The lowest BCUT2D eigenvalue weighted by molar-refractivity contribution is -0.116. The van der Waals surface area contributed by atoms with Gasteiger partial charge in [-0.05, 0) is 47.9 Å².